The molecule has 0 bridgehead atoms. The predicted octanol–water partition coefficient (Wildman–Crippen LogP) is 5.72. The third kappa shape index (κ3) is 5.80. The van der Waals surface area contributed by atoms with Gasteiger partial charge in [0.15, 0.2) is 0 Å². The molecule has 0 fully saturated rings. The zero-order chi connectivity index (χ0) is 23.2. The van der Waals surface area contributed by atoms with Crippen molar-refractivity contribution in [3.63, 3.8) is 0 Å². The molecule has 1 heterocycles. The first kappa shape index (κ1) is 23.0. The number of ether oxygens (including phenoxy) is 1. The number of methoxy groups -OCH3 is 1. The minimum absolute atomic E-state index is 0.338. The van der Waals surface area contributed by atoms with E-state index in [4.69, 9.17) is 4.74 Å². The third-order valence-electron chi connectivity index (χ3n) is 4.86. The molecule has 0 saturated heterocycles. The van der Waals surface area contributed by atoms with Gasteiger partial charge in [-0.1, -0.05) is 68.3 Å². The molecule has 3 aromatic carbocycles. The minimum atomic E-state index is -0.338. The highest BCUT2D eigenvalue weighted by Gasteiger charge is 2.20. The molecule has 0 unspecified atom stereocenters. The van der Waals surface area contributed by atoms with Gasteiger partial charge in [0.1, 0.15) is 5.75 Å². The van der Waals surface area contributed by atoms with Gasteiger partial charge >= 0.3 is 0 Å². The summed E-state index contributed by atoms with van der Waals surface area (Å²) in [5, 5.41) is 10.9. The van der Waals surface area contributed by atoms with Gasteiger partial charge in [-0.3, -0.25) is 4.79 Å². The maximum Gasteiger partial charge on any atom is 0.285 e. The quantitative estimate of drug-likeness (QED) is 0.282. The Morgan fingerprint density at radius 1 is 0.879 bits per heavy atom. The molecule has 0 spiro atoms. The van der Waals surface area contributed by atoms with Gasteiger partial charge in [-0.2, -0.15) is 9.67 Å². The number of benzene rings is 3. The van der Waals surface area contributed by atoms with Crippen molar-refractivity contribution in [3.05, 3.63) is 98.4 Å². The molecular weight excluding hydrogens is 550 g/mol. The largest absolute Gasteiger partial charge is 0.496 e. The number of hydrogen-bond donors (Lipinski definition) is 2. The van der Waals surface area contributed by atoms with E-state index in [1.54, 1.807) is 18.2 Å². The lowest BCUT2D eigenvalue weighted by Crippen LogP contribution is -2.18. The van der Waals surface area contributed by atoms with Crippen molar-refractivity contribution in [3.8, 4) is 5.75 Å². The maximum absolute atomic E-state index is 13.3. The van der Waals surface area contributed by atoms with E-state index in [0.717, 1.165) is 20.1 Å². The Morgan fingerprint density at radius 3 is 2.06 bits per heavy atom. The van der Waals surface area contributed by atoms with Gasteiger partial charge in [0.2, 0.25) is 11.9 Å². The summed E-state index contributed by atoms with van der Waals surface area (Å²) in [5.74, 6) is 0.822. The first-order valence-corrected chi connectivity index (χ1v) is 11.7. The number of para-hydroxylation sites is 1. The maximum atomic E-state index is 13.3. The number of hydrogen-bond acceptors (Lipinski definition) is 6. The number of nitrogens with zero attached hydrogens (tertiary/aromatic N) is 3. The fourth-order valence-electron chi connectivity index (χ4n) is 3.15. The van der Waals surface area contributed by atoms with Crippen LogP contribution in [0.2, 0.25) is 0 Å². The molecule has 0 saturated carbocycles. The molecule has 0 aliphatic carbocycles. The van der Waals surface area contributed by atoms with Gasteiger partial charge in [0.25, 0.3) is 5.91 Å². The molecule has 0 atom stereocenters. The highest BCUT2D eigenvalue weighted by Crippen LogP contribution is 2.21. The first-order chi connectivity index (χ1) is 16.0. The zero-order valence-corrected chi connectivity index (χ0v) is 20.9. The van der Waals surface area contributed by atoms with Crippen molar-refractivity contribution < 1.29 is 9.53 Å². The Morgan fingerprint density at radius 2 is 1.45 bits per heavy atom. The first-order valence-electron chi connectivity index (χ1n) is 10.1. The summed E-state index contributed by atoms with van der Waals surface area (Å²) in [6.07, 6.45) is 0. The standard InChI is InChI=1S/C24H21Br2N5O2/c1-33-21-5-3-2-4-20(21)22(32)31-24(28-15-17-8-12-19(26)13-9-17)29-23(30-31)27-14-16-6-10-18(25)11-7-16/h2-13H,14-15H2,1H3,(H2,27,28,29,30). The average Bonchev–Trinajstić information content (AvgIpc) is 3.26. The van der Waals surface area contributed by atoms with E-state index >= 15 is 0 Å². The highest BCUT2D eigenvalue weighted by atomic mass is 79.9. The lowest BCUT2D eigenvalue weighted by Gasteiger charge is -2.10. The Balaban J connectivity index is 1.59. The number of carbonyl (C=O) groups excluding carboxylic acids is 1. The van der Waals surface area contributed by atoms with E-state index in [2.05, 4.69) is 52.6 Å². The van der Waals surface area contributed by atoms with Crippen LogP contribution in [0.4, 0.5) is 11.9 Å². The van der Waals surface area contributed by atoms with Crippen molar-refractivity contribution in [1.82, 2.24) is 14.8 Å². The van der Waals surface area contributed by atoms with E-state index < -0.39 is 0 Å². The van der Waals surface area contributed by atoms with Crippen LogP contribution in [0.1, 0.15) is 21.5 Å². The van der Waals surface area contributed by atoms with Crippen LogP contribution in [0.3, 0.4) is 0 Å². The molecule has 0 aliphatic rings. The molecule has 168 valence electrons. The van der Waals surface area contributed by atoms with Gasteiger partial charge in [-0.25, -0.2) is 0 Å². The summed E-state index contributed by atoms with van der Waals surface area (Å²) in [5.41, 5.74) is 2.51. The Hall–Kier alpha value is -3.17. The van der Waals surface area contributed by atoms with Gasteiger partial charge in [-0.15, -0.1) is 5.10 Å². The van der Waals surface area contributed by atoms with Crippen LogP contribution in [0.25, 0.3) is 0 Å². The summed E-state index contributed by atoms with van der Waals surface area (Å²) in [4.78, 5) is 17.9. The molecule has 33 heavy (non-hydrogen) atoms. The second kappa shape index (κ2) is 10.6. The van der Waals surface area contributed by atoms with E-state index in [9.17, 15) is 4.79 Å². The van der Waals surface area contributed by atoms with Crippen LogP contribution < -0.4 is 15.4 Å². The normalized spacial score (nSPS) is 10.6. The molecule has 0 radical (unpaired) electrons. The summed E-state index contributed by atoms with van der Waals surface area (Å²) in [7, 11) is 1.53. The van der Waals surface area contributed by atoms with Gasteiger partial charge in [0, 0.05) is 22.0 Å². The topological polar surface area (TPSA) is 81.1 Å². The SMILES string of the molecule is COc1ccccc1C(=O)n1nc(NCc2ccc(Br)cc2)nc1NCc1ccc(Br)cc1. The van der Waals surface area contributed by atoms with Crippen LogP contribution in [0, 0.1) is 0 Å². The number of rotatable bonds is 8. The van der Waals surface area contributed by atoms with Crippen LogP contribution in [-0.2, 0) is 13.1 Å². The third-order valence-corrected chi connectivity index (χ3v) is 5.92. The molecular formula is C24H21Br2N5O2. The minimum Gasteiger partial charge on any atom is -0.496 e. The van der Waals surface area contributed by atoms with Crippen LogP contribution >= 0.6 is 31.9 Å². The summed E-state index contributed by atoms with van der Waals surface area (Å²) in [6, 6.07) is 22.9. The van der Waals surface area contributed by atoms with Crippen LogP contribution in [0.5, 0.6) is 5.75 Å². The van der Waals surface area contributed by atoms with Crippen LogP contribution in [-0.4, -0.2) is 27.8 Å². The molecule has 7 nitrogen and oxygen atoms in total. The van der Waals surface area contributed by atoms with Crippen molar-refractivity contribution >= 4 is 49.7 Å². The Kier molecular flexibility index (Phi) is 7.41. The second-order valence-corrected chi connectivity index (χ2v) is 8.97. The van der Waals surface area contributed by atoms with Gasteiger partial charge < -0.3 is 15.4 Å². The smallest absolute Gasteiger partial charge is 0.285 e. The lowest BCUT2D eigenvalue weighted by atomic mass is 10.2. The van der Waals surface area contributed by atoms with E-state index in [1.165, 1.54) is 11.8 Å². The van der Waals surface area contributed by atoms with E-state index in [-0.39, 0.29) is 5.91 Å². The average molecular weight is 571 g/mol. The highest BCUT2D eigenvalue weighted by molar-refractivity contribution is 9.10. The second-order valence-electron chi connectivity index (χ2n) is 7.14. The molecule has 4 aromatic rings. The summed E-state index contributed by atoms with van der Waals surface area (Å²) < 4.78 is 8.64. The Bertz CT molecular complexity index is 1240. The molecule has 1 aromatic heterocycles. The van der Waals surface area contributed by atoms with E-state index in [1.807, 2.05) is 54.6 Å². The van der Waals surface area contributed by atoms with Gasteiger partial charge in [0.05, 0.1) is 12.7 Å². The fraction of sp³-hybridized carbons (Fsp3) is 0.125. The zero-order valence-electron chi connectivity index (χ0n) is 17.8. The molecule has 9 heteroatoms. The fourth-order valence-corrected chi connectivity index (χ4v) is 3.67. The van der Waals surface area contributed by atoms with Crippen LogP contribution in [0.15, 0.2) is 81.7 Å². The van der Waals surface area contributed by atoms with E-state index in [0.29, 0.717) is 36.3 Å². The monoisotopic (exact) mass is 569 g/mol. The number of anilines is 2. The van der Waals surface area contributed by atoms with Crippen molar-refractivity contribution in [2.75, 3.05) is 17.7 Å². The Labute approximate surface area is 208 Å². The lowest BCUT2D eigenvalue weighted by molar-refractivity contribution is 0.0944. The summed E-state index contributed by atoms with van der Waals surface area (Å²) >= 11 is 6.88. The van der Waals surface area contributed by atoms with Crippen molar-refractivity contribution in [2.24, 2.45) is 0 Å². The molecule has 0 amide bonds. The molecule has 0 aliphatic heterocycles. The number of carbonyl (C=O) groups is 1. The van der Waals surface area contributed by atoms with Crippen molar-refractivity contribution in [1.29, 1.82) is 0 Å². The van der Waals surface area contributed by atoms with Crippen molar-refractivity contribution in [2.45, 2.75) is 13.1 Å². The van der Waals surface area contributed by atoms with Gasteiger partial charge in [-0.05, 0) is 47.5 Å². The number of nitrogens with one attached hydrogen (secondary N) is 2. The molecule has 4 rings (SSSR count). The summed E-state index contributed by atoms with van der Waals surface area (Å²) in [6.45, 7) is 1.00. The number of aromatic nitrogens is 3. The predicted molar refractivity (Wildman–Crippen MR) is 136 cm³/mol. The molecule has 2 N–H and O–H groups in total. The number of halogens is 2.